The molecule has 5 aliphatic rings. The second-order valence-corrected chi connectivity index (χ2v) is 16.3. The molecule has 58 heavy (non-hydrogen) atoms. The van der Waals surface area contributed by atoms with Gasteiger partial charge in [0.2, 0.25) is 5.78 Å². The molecule has 6 nitrogen and oxygen atoms in total. The molecule has 2 aliphatic heterocycles. The molecule has 0 aromatic heterocycles. The van der Waals surface area contributed by atoms with Crippen LogP contribution in [0.1, 0.15) is 38.9 Å². The molecule has 4 N–H and O–H groups in total. The summed E-state index contributed by atoms with van der Waals surface area (Å²) in [4.78, 5) is 20.5. The van der Waals surface area contributed by atoms with E-state index in [1.807, 2.05) is 30.3 Å². The van der Waals surface area contributed by atoms with E-state index in [1.165, 1.54) is 0 Å². The summed E-state index contributed by atoms with van der Waals surface area (Å²) in [6.07, 6.45) is 0. The van der Waals surface area contributed by atoms with Gasteiger partial charge in [0.15, 0.2) is 11.3 Å². The lowest BCUT2D eigenvalue weighted by Gasteiger charge is -2.41. The van der Waals surface area contributed by atoms with Crippen molar-refractivity contribution in [3.05, 3.63) is 201 Å². The highest BCUT2D eigenvalue weighted by atomic mass is 16.3. The van der Waals surface area contributed by atoms with Crippen LogP contribution in [0.3, 0.4) is 0 Å². The number of Topliss-reactive ketones (excluding diaryl/α,β-unsaturated/α-hetero) is 1. The zero-order valence-corrected chi connectivity index (χ0v) is 31.7. The topological polar surface area (TPSA) is 85.8 Å². The summed E-state index contributed by atoms with van der Waals surface area (Å²) in [6.45, 7) is 4.22. The zero-order chi connectivity index (χ0) is 38.7. The van der Waals surface area contributed by atoms with Crippen molar-refractivity contribution >= 4 is 55.5 Å². The van der Waals surface area contributed by atoms with E-state index in [0.717, 1.165) is 99.6 Å². The van der Waals surface area contributed by atoms with Crippen LogP contribution in [-0.2, 0) is 16.1 Å². The van der Waals surface area contributed by atoms with Gasteiger partial charge in [0, 0.05) is 49.5 Å². The minimum atomic E-state index is -0.915. The Morgan fingerprint density at radius 2 is 1.16 bits per heavy atom. The fourth-order valence-electron chi connectivity index (χ4n) is 10.6. The highest BCUT2D eigenvalue weighted by Gasteiger charge is 2.49. The number of fused-ring (bicyclic) bond motifs is 10. The van der Waals surface area contributed by atoms with Gasteiger partial charge in [-0.05, 0) is 59.0 Å². The van der Waals surface area contributed by atoms with Crippen molar-refractivity contribution in [3.63, 3.8) is 0 Å². The molecule has 0 saturated carbocycles. The van der Waals surface area contributed by atoms with Gasteiger partial charge >= 0.3 is 0 Å². The lowest BCUT2D eigenvalue weighted by Crippen LogP contribution is -2.45. The second kappa shape index (κ2) is 10.7. The molecule has 2 spiro atoms. The molecule has 0 fully saturated rings. The average Bonchev–Trinajstić information content (AvgIpc) is 3.64. The lowest BCUT2D eigenvalue weighted by molar-refractivity contribution is -0.109. The maximum Gasteiger partial charge on any atom is 0.201 e. The Morgan fingerprint density at radius 3 is 1.95 bits per heavy atom. The number of hydrogen-bond acceptors (Lipinski definition) is 6. The van der Waals surface area contributed by atoms with Crippen molar-refractivity contribution in [2.75, 3.05) is 16.0 Å². The molecule has 0 radical (unpaired) electrons. The summed E-state index contributed by atoms with van der Waals surface area (Å²) in [5.41, 5.74) is 13.4. The van der Waals surface area contributed by atoms with Gasteiger partial charge in [-0.25, -0.2) is 4.99 Å². The van der Waals surface area contributed by atoms with Gasteiger partial charge in [-0.15, -0.1) is 0 Å². The minimum Gasteiger partial charge on any atom is -0.506 e. The summed E-state index contributed by atoms with van der Waals surface area (Å²) in [6, 6.07) is 50.5. The smallest absolute Gasteiger partial charge is 0.201 e. The Labute approximate surface area is 333 Å². The Bertz CT molecular complexity index is 3450. The number of anilines is 3. The third kappa shape index (κ3) is 3.78. The van der Waals surface area contributed by atoms with E-state index < -0.39 is 11.3 Å². The SMILES string of the molecule is Cc1ccc2c(c1)C1(N=c3cccc4cc/c(=C5\C(=O)C(c6ccc7cccc8c7c6NC6(N8)c7ccccc7-c7ccc(C)cc76)=C5O)c(c34)N1)c1ccccc1-2. The molecule has 0 amide bonds. The monoisotopic (exact) mass is 746 g/mol. The molecule has 2 unspecified atom stereocenters. The summed E-state index contributed by atoms with van der Waals surface area (Å²) in [7, 11) is 0. The van der Waals surface area contributed by atoms with Crippen molar-refractivity contribution in [2.45, 2.75) is 25.2 Å². The van der Waals surface area contributed by atoms with Gasteiger partial charge in [-0.3, -0.25) is 4.79 Å². The van der Waals surface area contributed by atoms with Crippen LogP contribution in [0.2, 0.25) is 0 Å². The number of allylic oxidation sites excluding steroid dienone is 2. The summed E-state index contributed by atoms with van der Waals surface area (Å²) < 4.78 is 0. The fraction of sp³-hybridized carbons (Fsp3) is 0.0769. The number of aryl methyl sites for hydroxylation is 2. The van der Waals surface area contributed by atoms with Crippen LogP contribution in [0, 0.1) is 13.8 Å². The predicted octanol–water partition coefficient (Wildman–Crippen LogP) is 9.96. The van der Waals surface area contributed by atoms with Crippen molar-refractivity contribution in [1.82, 2.24) is 0 Å². The van der Waals surface area contributed by atoms with Crippen LogP contribution < -0.4 is 26.5 Å². The van der Waals surface area contributed by atoms with Gasteiger partial charge in [-0.2, -0.15) is 0 Å². The number of rotatable bonds is 1. The number of ketones is 1. The molecule has 13 rings (SSSR count). The van der Waals surface area contributed by atoms with Gasteiger partial charge < -0.3 is 21.1 Å². The highest BCUT2D eigenvalue weighted by Crippen LogP contribution is 2.56. The highest BCUT2D eigenvalue weighted by molar-refractivity contribution is 6.52. The first kappa shape index (κ1) is 31.7. The van der Waals surface area contributed by atoms with E-state index in [1.54, 1.807) is 0 Å². The molecule has 274 valence electrons. The number of nitrogens with zero attached hydrogens (tertiary/aromatic N) is 1. The largest absolute Gasteiger partial charge is 0.506 e. The predicted molar refractivity (Wildman–Crippen MR) is 232 cm³/mol. The first-order valence-electron chi connectivity index (χ1n) is 19.8. The van der Waals surface area contributed by atoms with Crippen molar-refractivity contribution in [2.24, 2.45) is 4.99 Å². The van der Waals surface area contributed by atoms with E-state index in [4.69, 9.17) is 4.99 Å². The van der Waals surface area contributed by atoms with E-state index in [2.05, 4.69) is 145 Å². The van der Waals surface area contributed by atoms with Crippen LogP contribution in [0.5, 0.6) is 0 Å². The summed E-state index contributed by atoms with van der Waals surface area (Å²) >= 11 is 0. The maximum absolute atomic E-state index is 14.9. The molecular weight excluding hydrogens is 713 g/mol. The van der Waals surface area contributed by atoms with Crippen molar-refractivity contribution in [1.29, 1.82) is 0 Å². The van der Waals surface area contributed by atoms with Gasteiger partial charge in [0.1, 0.15) is 5.76 Å². The Morgan fingerprint density at radius 1 is 0.517 bits per heavy atom. The molecule has 8 aromatic carbocycles. The molecular formula is C52H34N4O2. The van der Waals surface area contributed by atoms with E-state index in [-0.39, 0.29) is 11.5 Å². The summed E-state index contributed by atoms with van der Waals surface area (Å²) in [5.74, 6) is -0.206. The average molecular weight is 747 g/mol. The number of hydrogen-bond donors (Lipinski definition) is 4. The van der Waals surface area contributed by atoms with Crippen LogP contribution >= 0.6 is 0 Å². The third-order valence-corrected chi connectivity index (χ3v) is 13.1. The fourth-order valence-corrected chi connectivity index (χ4v) is 10.6. The van der Waals surface area contributed by atoms with Crippen LogP contribution in [0.15, 0.2) is 156 Å². The normalized spacial score (nSPS) is 20.8. The van der Waals surface area contributed by atoms with Crippen molar-refractivity contribution in [3.8, 4) is 22.3 Å². The van der Waals surface area contributed by atoms with E-state index in [0.29, 0.717) is 21.9 Å². The van der Waals surface area contributed by atoms with Crippen molar-refractivity contribution < 1.29 is 9.90 Å². The summed E-state index contributed by atoms with van der Waals surface area (Å²) in [5, 5.41) is 29.6. The molecule has 2 atom stereocenters. The van der Waals surface area contributed by atoms with Crippen LogP contribution in [0.25, 0.3) is 54.9 Å². The van der Waals surface area contributed by atoms with Crippen LogP contribution in [-0.4, -0.2) is 10.9 Å². The molecule has 8 aromatic rings. The lowest BCUT2D eigenvalue weighted by atomic mass is 9.79. The molecule has 0 bridgehead atoms. The standard InChI is InChI=1S/C52H34N4O2/c1-27-17-21-33-31-11-3-5-13-37(31)51(39(33)25-27)53-41-15-7-9-29-19-23-35(47(55-51)43(29)41)45-49(57)46(50(45)58)36-24-20-30-10-8-16-42-44(30)48(36)56-52(54-42)38-14-6-4-12-32(38)34-22-18-28(2)26-40(34)52/h3-26,53,55-57H,1-2H3/b46-36+. The van der Waals surface area contributed by atoms with E-state index in [9.17, 15) is 9.90 Å². The zero-order valence-electron chi connectivity index (χ0n) is 31.7. The van der Waals surface area contributed by atoms with Gasteiger partial charge in [0.25, 0.3) is 0 Å². The molecule has 3 aliphatic carbocycles. The van der Waals surface area contributed by atoms with Crippen LogP contribution in [0.4, 0.5) is 17.1 Å². The number of carbonyl (C=O) groups is 1. The molecule has 6 heteroatoms. The number of aliphatic hydroxyl groups is 1. The van der Waals surface area contributed by atoms with Gasteiger partial charge in [-0.1, -0.05) is 145 Å². The quantitative estimate of drug-likeness (QED) is 0.134. The Balaban J connectivity index is 1.04. The minimum absolute atomic E-state index is 0.00922. The maximum atomic E-state index is 14.9. The first-order valence-corrected chi connectivity index (χ1v) is 19.8. The Kier molecular flexibility index (Phi) is 5.85. The molecule has 0 saturated heterocycles. The first-order chi connectivity index (χ1) is 28.3. The second-order valence-electron chi connectivity index (χ2n) is 16.3. The number of carbonyl (C=O) groups excluding carboxylic acids is 1. The number of benzene rings is 8. The van der Waals surface area contributed by atoms with E-state index >= 15 is 0 Å². The Hall–Kier alpha value is -7.44. The third-order valence-electron chi connectivity index (χ3n) is 13.1. The van der Waals surface area contributed by atoms with Gasteiger partial charge in [0.05, 0.1) is 27.9 Å². The number of aliphatic hydroxyl groups excluding tert-OH is 1. The number of nitrogens with one attached hydrogen (secondary N) is 3. The molecule has 2 heterocycles.